The molecule has 1 atom stereocenters. The van der Waals surface area contributed by atoms with Gasteiger partial charge in [0.1, 0.15) is 11.0 Å². The van der Waals surface area contributed by atoms with Gasteiger partial charge in [0.25, 0.3) is 0 Å². The second-order valence-electron chi connectivity index (χ2n) is 7.95. The quantitative estimate of drug-likeness (QED) is 0.661. The first-order chi connectivity index (χ1) is 13.9. The van der Waals surface area contributed by atoms with Crippen molar-refractivity contribution in [2.45, 2.75) is 65.0 Å². The summed E-state index contributed by atoms with van der Waals surface area (Å²) in [7, 11) is 0. The fourth-order valence-electron chi connectivity index (χ4n) is 3.50. The molecule has 3 rings (SSSR count). The van der Waals surface area contributed by atoms with Gasteiger partial charge in [-0.2, -0.15) is 0 Å². The predicted octanol–water partition coefficient (Wildman–Crippen LogP) is 4.11. The van der Waals surface area contributed by atoms with Crippen molar-refractivity contribution in [3.63, 3.8) is 0 Å². The number of amides is 3. The fraction of sp³-hybridized carbons (Fsp3) is 0.524. The lowest BCUT2D eigenvalue weighted by atomic mass is 9.96. The molecule has 0 spiro atoms. The molecule has 1 aromatic heterocycles. The average molecular weight is 416 g/mol. The first-order valence-corrected chi connectivity index (χ1v) is 11.0. The zero-order chi connectivity index (χ0) is 20.8. The number of carbonyl (C=O) groups excluding carboxylic acids is 2. The zero-order valence-corrected chi connectivity index (χ0v) is 18.0. The molecule has 1 aliphatic carbocycles. The number of aryl methyl sites for hydroxylation is 1. The van der Waals surface area contributed by atoms with E-state index in [-0.39, 0.29) is 23.9 Å². The molecule has 0 unspecified atom stereocenters. The Hall–Kier alpha value is -2.48. The summed E-state index contributed by atoms with van der Waals surface area (Å²) in [5.74, 6) is -0.345. The van der Waals surface area contributed by atoms with Crippen LogP contribution in [0, 0.1) is 12.8 Å². The van der Waals surface area contributed by atoms with Gasteiger partial charge in [-0.3, -0.25) is 10.1 Å². The fourth-order valence-corrected chi connectivity index (χ4v) is 4.24. The molecule has 156 valence electrons. The van der Waals surface area contributed by atoms with E-state index in [0.717, 1.165) is 41.8 Å². The first-order valence-electron chi connectivity index (χ1n) is 10.2. The number of nitrogens with one attached hydrogen (secondary N) is 3. The summed E-state index contributed by atoms with van der Waals surface area (Å²) in [6.07, 6.45) is 5.50. The SMILES string of the molecule is Cc1cccc(-c2nnc(NC(=O)[C@H](NC(=O)NC3CCCCC3)C(C)C)s2)c1. The molecule has 0 aliphatic heterocycles. The Morgan fingerprint density at radius 1 is 1.14 bits per heavy atom. The number of anilines is 1. The monoisotopic (exact) mass is 415 g/mol. The standard InChI is InChI=1S/C21H29N5O2S/c1-13(2)17(23-20(28)22-16-10-5-4-6-11-16)18(27)24-21-26-25-19(29-21)15-9-7-8-14(3)12-15/h7-9,12-13,16-17H,4-6,10-11H2,1-3H3,(H2,22,23,28)(H,24,26,27)/t17-/m1/s1. The highest BCUT2D eigenvalue weighted by atomic mass is 32.1. The lowest BCUT2D eigenvalue weighted by Crippen LogP contribution is -2.52. The lowest BCUT2D eigenvalue weighted by molar-refractivity contribution is -0.118. The number of hydrogen-bond acceptors (Lipinski definition) is 5. The highest BCUT2D eigenvalue weighted by molar-refractivity contribution is 7.18. The second-order valence-corrected chi connectivity index (χ2v) is 8.92. The van der Waals surface area contributed by atoms with Gasteiger partial charge < -0.3 is 10.6 Å². The summed E-state index contributed by atoms with van der Waals surface area (Å²) in [6, 6.07) is 7.24. The van der Waals surface area contributed by atoms with Crippen LogP contribution in [0.5, 0.6) is 0 Å². The van der Waals surface area contributed by atoms with E-state index in [1.807, 2.05) is 45.0 Å². The molecule has 1 aliphatic rings. The van der Waals surface area contributed by atoms with Crippen molar-refractivity contribution in [3.05, 3.63) is 29.8 Å². The molecule has 1 fully saturated rings. The second kappa shape index (κ2) is 9.82. The Morgan fingerprint density at radius 3 is 2.59 bits per heavy atom. The van der Waals surface area contributed by atoms with Crippen LogP contribution in [0.4, 0.5) is 9.93 Å². The molecular formula is C21H29N5O2S. The van der Waals surface area contributed by atoms with Crippen LogP contribution in [0.2, 0.25) is 0 Å². The van der Waals surface area contributed by atoms with Gasteiger partial charge in [-0.1, -0.05) is 68.2 Å². The first kappa shape index (κ1) is 21.2. The third kappa shape index (κ3) is 6.00. The molecule has 1 heterocycles. The minimum atomic E-state index is -0.648. The molecule has 0 bridgehead atoms. The van der Waals surface area contributed by atoms with Crippen LogP contribution in [0.1, 0.15) is 51.5 Å². The molecule has 1 saturated carbocycles. The van der Waals surface area contributed by atoms with Crippen molar-refractivity contribution in [2.75, 3.05) is 5.32 Å². The Bertz CT molecular complexity index is 845. The van der Waals surface area contributed by atoms with E-state index in [2.05, 4.69) is 26.1 Å². The number of urea groups is 1. The summed E-state index contributed by atoms with van der Waals surface area (Å²) >= 11 is 1.32. The highest BCUT2D eigenvalue weighted by Crippen LogP contribution is 2.27. The van der Waals surface area contributed by atoms with E-state index in [1.165, 1.54) is 17.8 Å². The summed E-state index contributed by atoms with van der Waals surface area (Å²) in [6.45, 7) is 5.83. The van der Waals surface area contributed by atoms with Crippen molar-refractivity contribution in [1.29, 1.82) is 0 Å². The summed E-state index contributed by atoms with van der Waals surface area (Å²) < 4.78 is 0. The lowest BCUT2D eigenvalue weighted by Gasteiger charge is -2.26. The molecule has 1 aromatic carbocycles. The van der Waals surface area contributed by atoms with Gasteiger partial charge in [0, 0.05) is 11.6 Å². The molecule has 3 N–H and O–H groups in total. The van der Waals surface area contributed by atoms with Gasteiger partial charge in [0.15, 0.2) is 0 Å². The maximum atomic E-state index is 12.8. The van der Waals surface area contributed by atoms with Crippen molar-refractivity contribution < 1.29 is 9.59 Å². The summed E-state index contributed by atoms with van der Waals surface area (Å²) in [5.41, 5.74) is 2.10. The Balaban J connectivity index is 1.60. The normalized spacial score (nSPS) is 15.7. The molecule has 7 nitrogen and oxygen atoms in total. The average Bonchev–Trinajstić information content (AvgIpc) is 3.15. The maximum Gasteiger partial charge on any atom is 0.315 e. The van der Waals surface area contributed by atoms with Crippen LogP contribution in [-0.4, -0.2) is 34.2 Å². The maximum absolute atomic E-state index is 12.8. The van der Waals surface area contributed by atoms with Crippen molar-refractivity contribution in [1.82, 2.24) is 20.8 Å². The third-order valence-electron chi connectivity index (χ3n) is 5.10. The molecule has 0 radical (unpaired) electrons. The van der Waals surface area contributed by atoms with Crippen LogP contribution >= 0.6 is 11.3 Å². The highest BCUT2D eigenvalue weighted by Gasteiger charge is 2.26. The van der Waals surface area contributed by atoms with Crippen LogP contribution in [0.3, 0.4) is 0 Å². The Labute approximate surface area is 175 Å². The summed E-state index contributed by atoms with van der Waals surface area (Å²) in [4.78, 5) is 25.1. The molecule has 8 heteroatoms. The molecule has 2 aromatic rings. The van der Waals surface area contributed by atoms with Gasteiger partial charge in [0.05, 0.1) is 0 Å². The van der Waals surface area contributed by atoms with Crippen LogP contribution in [0.25, 0.3) is 10.6 Å². The molecular weight excluding hydrogens is 386 g/mol. The summed E-state index contributed by atoms with van der Waals surface area (Å²) in [5, 5.41) is 18.1. The topological polar surface area (TPSA) is 96.0 Å². The van der Waals surface area contributed by atoms with E-state index < -0.39 is 6.04 Å². The van der Waals surface area contributed by atoms with Crippen LogP contribution < -0.4 is 16.0 Å². The predicted molar refractivity (Wildman–Crippen MR) is 116 cm³/mol. The Kier molecular flexibility index (Phi) is 7.19. The number of rotatable bonds is 6. The zero-order valence-electron chi connectivity index (χ0n) is 17.2. The minimum Gasteiger partial charge on any atom is -0.335 e. The number of benzene rings is 1. The van der Waals surface area contributed by atoms with E-state index in [1.54, 1.807) is 0 Å². The van der Waals surface area contributed by atoms with Gasteiger partial charge in [-0.15, -0.1) is 10.2 Å². The van der Waals surface area contributed by atoms with Gasteiger partial charge in [-0.25, -0.2) is 4.79 Å². The third-order valence-corrected chi connectivity index (χ3v) is 5.98. The molecule has 0 saturated heterocycles. The van der Waals surface area contributed by atoms with E-state index in [9.17, 15) is 9.59 Å². The number of nitrogens with zero attached hydrogens (tertiary/aromatic N) is 2. The van der Waals surface area contributed by atoms with Gasteiger partial charge in [-0.05, 0) is 31.7 Å². The van der Waals surface area contributed by atoms with E-state index in [0.29, 0.717) is 5.13 Å². The van der Waals surface area contributed by atoms with Crippen LogP contribution in [-0.2, 0) is 4.79 Å². The number of carbonyl (C=O) groups is 2. The molecule has 29 heavy (non-hydrogen) atoms. The van der Waals surface area contributed by atoms with Crippen LogP contribution in [0.15, 0.2) is 24.3 Å². The van der Waals surface area contributed by atoms with Crippen molar-refractivity contribution in [3.8, 4) is 10.6 Å². The number of aromatic nitrogens is 2. The number of hydrogen-bond donors (Lipinski definition) is 3. The smallest absolute Gasteiger partial charge is 0.315 e. The van der Waals surface area contributed by atoms with Gasteiger partial charge in [0.2, 0.25) is 11.0 Å². The largest absolute Gasteiger partial charge is 0.335 e. The van der Waals surface area contributed by atoms with Gasteiger partial charge >= 0.3 is 6.03 Å². The Morgan fingerprint density at radius 2 is 1.90 bits per heavy atom. The molecule has 3 amide bonds. The van der Waals surface area contributed by atoms with E-state index in [4.69, 9.17) is 0 Å². The van der Waals surface area contributed by atoms with Crippen molar-refractivity contribution >= 4 is 28.4 Å². The minimum absolute atomic E-state index is 0.0590. The van der Waals surface area contributed by atoms with E-state index >= 15 is 0 Å². The van der Waals surface area contributed by atoms with Crippen molar-refractivity contribution in [2.24, 2.45) is 5.92 Å².